The molecule has 7 nitrogen and oxygen atoms in total. The van der Waals surface area contributed by atoms with E-state index >= 15 is 0 Å². The van der Waals surface area contributed by atoms with Gasteiger partial charge in [0.2, 0.25) is 11.7 Å². The first kappa shape index (κ1) is 20.8. The van der Waals surface area contributed by atoms with Crippen molar-refractivity contribution in [3.05, 3.63) is 81.2 Å². The van der Waals surface area contributed by atoms with Crippen molar-refractivity contribution >= 4 is 29.0 Å². The third kappa shape index (κ3) is 4.22. The summed E-state index contributed by atoms with van der Waals surface area (Å²) in [5.74, 6) is 0.805. The SMILES string of the molecule is CCn1c(C)c(CCC(=O)Nc2cccc(Cl)c2)c(=O)n2nc(-c3ccccc3)nc12. The summed E-state index contributed by atoms with van der Waals surface area (Å²) in [5.41, 5.74) is 2.57. The van der Waals surface area contributed by atoms with Crippen LogP contribution in [0.2, 0.25) is 5.02 Å². The number of halogens is 1. The van der Waals surface area contributed by atoms with E-state index in [2.05, 4.69) is 15.4 Å². The fourth-order valence-corrected chi connectivity index (χ4v) is 3.80. The fraction of sp³-hybridized carbons (Fsp3) is 0.217. The van der Waals surface area contributed by atoms with Crippen LogP contribution in [0, 0.1) is 6.92 Å². The Morgan fingerprint density at radius 1 is 1.13 bits per heavy atom. The van der Waals surface area contributed by atoms with Gasteiger partial charge in [0.05, 0.1) is 0 Å². The normalized spacial score (nSPS) is 11.1. The Morgan fingerprint density at radius 3 is 2.61 bits per heavy atom. The number of aromatic nitrogens is 4. The highest BCUT2D eigenvalue weighted by molar-refractivity contribution is 6.30. The van der Waals surface area contributed by atoms with Crippen LogP contribution in [0.4, 0.5) is 5.69 Å². The summed E-state index contributed by atoms with van der Waals surface area (Å²) in [5, 5.41) is 7.82. The number of carbonyl (C=O) groups is 1. The van der Waals surface area contributed by atoms with Crippen LogP contribution in [0.3, 0.4) is 0 Å². The van der Waals surface area contributed by atoms with Crippen LogP contribution < -0.4 is 10.9 Å². The summed E-state index contributed by atoms with van der Waals surface area (Å²) in [6.45, 7) is 4.50. The fourth-order valence-electron chi connectivity index (χ4n) is 3.61. The zero-order chi connectivity index (χ0) is 22.0. The lowest BCUT2D eigenvalue weighted by Gasteiger charge is -2.13. The number of rotatable bonds is 6. The summed E-state index contributed by atoms with van der Waals surface area (Å²) in [6, 6.07) is 16.5. The highest BCUT2D eigenvalue weighted by Crippen LogP contribution is 2.18. The summed E-state index contributed by atoms with van der Waals surface area (Å²) in [4.78, 5) is 30.2. The topological polar surface area (TPSA) is 81.3 Å². The molecule has 4 aromatic rings. The molecule has 0 bridgehead atoms. The molecule has 0 aliphatic carbocycles. The van der Waals surface area contributed by atoms with Crippen molar-refractivity contribution in [3.8, 4) is 11.4 Å². The maximum Gasteiger partial charge on any atom is 0.279 e. The smallest absolute Gasteiger partial charge is 0.279 e. The molecule has 0 fully saturated rings. The van der Waals surface area contributed by atoms with Crippen LogP contribution in [-0.2, 0) is 17.8 Å². The molecule has 158 valence electrons. The van der Waals surface area contributed by atoms with Gasteiger partial charge in [-0.1, -0.05) is 48.0 Å². The molecule has 2 aromatic carbocycles. The van der Waals surface area contributed by atoms with Crippen molar-refractivity contribution in [1.82, 2.24) is 19.2 Å². The summed E-state index contributed by atoms with van der Waals surface area (Å²) in [7, 11) is 0. The lowest BCUT2D eigenvalue weighted by Crippen LogP contribution is -2.27. The van der Waals surface area contributed by atoms with Crippen molar-refractivity contribution in [2.75, 3.05) is 5.32 Å². The molecule has 0 radical (unpaired) electrons. The number of aryl methyl sites for hydroxylation is 1. The van der Waals surface area contributed by atoms with Crippen LogP contribution in [0.15, 0.2) is 59.4 Å². The monoisotopic (exact) mass is 435 g/mol. The van der Waals surface area contributed by atoms with Gasteiger partial charge in [0, 0.05) is 40.5 Å². The Bertz CT molecular complexity index is 1310. The van der Waals surface area contributed by atoms with E-state index in [1.807, 2.05) is 48.7 Å². The molecule has 8 heteroatoms. The van der Waals surface area contributed by atoms with Gasteiger partial charge < -0.3 is 9.88 Å². The Hall–Kier alpha value is -3.45. The van der Waals surface area contributed by atoms with Crippen LogP contribution in [-0.4, -0.2) is 25.1 Å². The third-order valence-electron chi connectivity index (χ3n) is 5.18. The number of fused-ring (bicyclic) bond motifs is 1. The first-order chi connectivity index (χ1) is 15.0. The van der Waals surface area contributed by atoms with Gasteiger partial charge >= 0.3 is 0 Å². The number of anilines is 1. The zero-order valence-corrected chi connectivity index (χ0v) is 18.1. The number of carbonyl (C=O) groups excluding carboxylic acids is 1. The maximum atomic E-state index is 13.2. The number of hydrogen-bond acceptors (Lipinski definition) is 4. The highest BCUT2D eigenvalue weighted by atomic mass is 35.5. The van der Waals surface area contributed by atoms with E-state index in [1.165, 1.54) is 4.52 Å². The second kappa shape index (κ2) is 8.73. The van der Waals surface area contributed by atoms with E-state index in [-0.39, 0.29) is 17.9 Å². The second-order valence-electron chi connectivity index (χ2n) is 7.19. The van der Waals surface area contributed by atoms with E-state index in [9.17, 15) is 9.59 Å². The molecule has 31 heavy (non-hydrogen) atoms. The number of nitrogens with one attached hydrogen (secondary N) is 1. The molecule has 0 aliphatic heterocycles. The first-order valence-electron chi connectivity index (χ1n) is 10.1. The maximum absolute atomic E-state index is 13.2. The predicted molar refractivity (Wildman–Crippen MR) is 121 cm³/mol. The Balaban J connectivity index is 1.64. The van der Waals surface area contributed by atoms with E-state index in [0.29, 0.717) is 40.8 Å². The van der Waals surface area contributed by atoms with Crippen molar-refractivity contribution in [2.24, 2.45) is 0 Å². The lowest BCUT2D eigenvalue weighted by atomic mass is 10.1. The highest BCUT2D eigenvalue weighted by Gasteiger charge is 2.18. The van der Waals surface area contributed by atoms with Gasteiger partial charge in [-0.25, -0.2) is 0 Å². The average molecular weight is 436 g/mol. The molecular weight excluding hydrogens is 414 g/mol. The predicted octanol–water partition coefficient (Wildman–Crippen LogP) is 4.11. The Morgan fingerprint density at radius 2 is 1.90 bits per heavy atom. The summed E-state index contributed by atoms with van der Waals surface area (Å²) >= 11 is 5.97. The molecule has 2 heterocycles. The molecule has 1 amide bonds. The minimum Gasteiger partial charge on any atom is -0.326 e. The van der Waals surface area contributed by atoms with Gasteiger partial charge in [0.25, 0.3) is 5.56 Å². The molecule has 0 unspecified atom stereocenters. The van der Waals surface area contributed by atoms with Gasteiger partial charge in [0.15, 0.2) is 5.82 Å². The lowest BCUT2D eigenvalue weighted by molar-refractivity contribution is -0.116. The van der Waals surface area contributed by atoms with Crippen molar-refractivity contribution in [3.63, 3.8) is 0 Å². The first-order valence-corrected chi connectivity index (χ1v) is 10.5. The third-order valence-corrected chi connectivity index (χ3v) is 5.42. The van der Waals surface area contributed by atoms with Gasteiger partial charge in [-0.3, -0.25) is 9.59 Å². The largest absolute Gasteiger partial charge is 0.326 e. The second-order valence-corrected chi connectivity index (χ2v) is 7.62. The molecule has 0 atom stereocenters. The molecule has 2 aromatic heterocycles. The van der Waals surface area contributed by atoms with Gasteiger partial charge in [-0.2, -0.15) is 9.50 Å². The Kier molecular flexibility index (Phi) is 5.86. The van der Waals surface area contributed by atoms with Crippen molar-refractivity contribution in [2.45, 2.75) is 33.2 Å². The standard InChI is InChI=1S/C23H22ClN5O2/c1-3-28-15(2)19(12-13-20(30)25-18-11-7-10-17(24)14-18)22(31)29-23(28)26-21(27-29)16-8-5-4-6-9-16/h4-11,14H,3,12-13H2,1-2H3,(H,25,30). The molecule has 1 N–H and O–H groups in total. The number of benzene rings is 2. The van der Waals surface area contributed by atoms with Crippen LogP contribution >= 0.6 is 11.6 Å². The van der Waals surface area contributed by atoms with Crippen LogP contribution in [0.1, 0.15) is 24.6 Å². The molecule has 0 aliphatic rings. The van der Waals surface area contributed by atoms with E-state index < -0.39 is 0 Å². The molecule has 4 rings (SSSR count). The van der Waals surface area contributed by atoms with Crippen molar-refractivity contribution < 1.29 is 4.79 Å². The van der Waals surface area contributed by atoms with E-state index in [4.69, 9.17) is 11.6 Å². The van der Waals surface area contributed by atoms with E-state index in [1.54, 1.807) is 24.3 Å². The minimum atomic E-state index is -0.248. The Labute approximate surface area is 184 Å². The molecule has 0 saturated heterocycles. The van der Waals surface area contributed by atoms with Gasteiger partial charge in [-0.05, 0) is 38.5 Å². The zero-order valence-electron chi connectivity index (χ0n) is 17.3. The van der Waals surface area contributed by atoms with E-state index in [0.717, 1.165) is 11.3 Å². The van der Waals surface area contributed by atoms with Gasteiger partial charge in [-0.15, -0.1) is 5.10 Å². The molecule has 0 saturated carbocycles. The molecular formula is C23H22ClN5O2. The van der Waals surface area contributed by atoms with Gasteiger partial charge in [0.1, 0.15) is 0 Å². The summed E-state index contributed by atoms with van der Waals surface area (Å²) in [6.07, 6.45) is 0.464. The average Bonchev–Trinajstić information content (AvgIpc) is 3.20. The number of hydrogen-bond donors (Lipinski definition) is 1. The van der Waals surface area contributed by atoms with Crippen LogP contribution in [0.25, 0.3) is 17.2 Å². The van der Waals surface area contributed by atoms with Crippen molar-refractivity contribution in [1.29, 1.82) is 0 Å². The summed E-state index contributed by atoms with van der Waals surface area (Å²) < 4.78 is 3.29. The number of nitrogens with zero attached hydrogens (tertiary/aromatic N) is 4. The number of amides is 1. The minimum absolute atomic E-state index is 0.165. The quantitative estimate of drug-likeness (QED) is 0.494. The molecule has 0 spiro atoms. The van der Waals surface area contributed by atoms with Crippen LogP contribution in [0.5, 0.6) is 0 Å².